The minimum absolute atomic E-state index is 0.0757. The first kappa shape index (κ1) is 19.3. The van der Waals surface area contributed by atoms with Crippen LogP contribution in [0.25, 0.3) is 0 Å². The smallest absolute Gasteiger partial charge is 0.229 e. The third-order valence-electron chi connectivity index (χ3n) is 5.36. The van der Waals surface area contributed by atoms with Crippen LogP contribution in [-0.2, 0) is 10.0 Å². The van der Waals surface area contributed by atoms with Crippen LogP contribution in [0.2, 0.25) is 0 Å². The van der Waals surface area contributed by atoms with Crippen LogP contribution in [0.15, 0.2) is 24.3 Å². The number of sulfonamides is 1. The average Bonchev–Trinajstić information content (AvgIpc) is 3.13. The Morgan fingerprint density at radius 1 is 1.00 bits per heavy atom. The maximum atomic E-state index is 12.7. The second kappa shape index (κ2) is 8.50. The van der Waals surface area contributed by atoms with Crippen molar-refractivity contribution in [3.63, 3.8) is 0 Å². The van der Waals surface area contributed by atoms with E-state index < -0.39 is 10.0 Å². The molecule has 7 heteroatoms. The molecule has 2 saturated heterocycles. The number of hydrogen-bond acceptors (Lipinski definition) is 5. The Hall–Kier alpha value is -1.44. The van der Waals surface area contributed by atoms with E-state index in [1.165, 1.54) is 25.9 Å². The zero-order valence-corrected chi connectivity index (χ0v) is 16.3. The fourth-order valence-corrected chi connectivity index (χ4v) is 4.42. The van der Waals surface area contributed by atoms with E-state index >= 15 is 0 Å². The zero-order valence-electron chi connectivity index (χ0n) is 15.5. The van der Waals surface area contributed by atoms with E-state index in [4.69, 9.17) is 0 Å². The number of piperidine rings is 1. The van der Waals surface area contributed by atoms with Gasteiger partial charge in [0.2, 0.25) is 10.0 Å². The highest BCUT2D eigenvalue weighted by Crippen LogP contribution is 2.23. The van der Waals surface area contributed by atoms with Gasteiger partial charge in [0.15, 0.2) is 5.78 Å². The number of nitrogens with one attached hydrogen (secondary N) is 1. The minimum atomic E-state index is -3.29. The maximum absolute atomic E-state index is 12.7. The summed E-state index contributed by atoms with van der Waals surface area (Å²) in [6.45, 7) is 6.69. The predicted molar refractivity (Wildman–Crippen MR) is 104 cm³/mol. The fraction of sp³-hybridized carbons (Fsp3) is 0.632. The van der Waals surface area contributed by atoms with Gasteiger partial charge in [-0.1, -0.05) is 0 Å². The van der Waals surface area contributed by atoms with Crippen LogP contribution < -0.4 is 4.72 Å². The van der Waals surface area contributed by atoms with Crippen molar-refractivity contribution in [1.29, 1.82) is 0 Å². The fourth-order valence-electron chi connectivity index (χ4n) is 3.86. The number of ketones is 1. The lowest BCUT2D eigenvalue weighted by molar-refractivity contribution is 0.0832. The molecule has 0 aliphatic carbocycles. The normalized spacial score (nSPS) is 20.3. The van der Waals surface area contributed by atoms with Crippen molar-refractivity contribution in [3.8, 4) is 0 Å². The molecular formula is C19H29N3O3S. The second-order valence-corrected chi connectivity index (χ2v) is 9.23. The number of Topliss-reactive ketones (excluding diaryl/α,β-unsaturated/α-hetero) is 1. The summed E-state index contributed by atoms with van der Waals surface area (Å²) in [7, 11) is -3.29. The highest BCUT2D eigenvalue weighted by atomic mass is 32.2. The Morgan fingerprint density at radius 3 is 2.08 bits per heavy atom. The topological polar surface area (TPSA) is 69.7 Å². The molecule has 2 heterocycles. The summed E-state index contributed by atoms with van der Waals surface area (Å²) >= 11 is 0. The number of likely N-dealkylation sites (tertiary alicyclic amines) is 2. The zero-order chi connectivity index (χ0) is 18.6. The van der Waals surface area contributed by atoms with Crippen molar-refractivity contribution in [1.82, 2.24) is 9.80 Å². The molecule has 2 aliphatic heterocycles. The molecule has 0 saturated carbocycles. The molecule has 6 nitrogen and oxygen atoms in total. The van der Waals surface area contributed by atoms with Crippen LogP contribution >= 0.6 is 0 Å². The Balaban J connectivity index is 1.47. The van der Waals surface area contributed by atoms with Gasteiger partial charge in [-0.15, -0.1) is 0 Å². The van der Waals surface area contributed by atoms with E-state index in [9.17, 15) is 13.2 Å². The van der Waals surface area contributed by atoms with E-state index in [0.29, 0.717) is 11.3 Å². The molecule has 1 aromatic carbocycles. The Kier molecular flexibility index (Phi) is 6.32. The van der Waals surface area contributed by atoms with Crippen molar-refractivity contribution in [2.75, 3.05) is 50.2 Å². The standard InChI is InChI=1S/C19H29N3O3S/c1-26(24,25)20-18-6-4-16(5-7-18)19(23)17-8-12-22(13-9-17)15-14-21-10-2-3-11-21/h4-7,17,20H,2-3,8-15H2,1H3. The summed E-state index contributed by atoms with van der Waals surface area (Å²) in [6.07, 6.45) is 5.58. The van der Waals surface area contributed by atoms with Gasteiger partial charge in [-0.3, -0.25) is 9.52 Å². The van der Waals surface area contributed by atoms with Crippen molar-refractivity contribution >= 4 is 21.5 Å². The molecule has 0 spiro atoms. The molecule has 0 atom stereocenters. The molecule has 2 aliphatic rings. The van der Waals surface area contributed by atoms with E-state index in [1.54, 1.807) is 24.3 Å². The predicted octanol–water partition coefficient (Wildman–Crippen LogP) is 2.05. The molecule has 1 N–H and O–H groups in total. The minimum Gasteiger partial charge on any atom is -0.302 e. The van der Waals surface area contributed by atoms with Gasteiger partial charge >= 0.3 is 0 Å². The van der Waals surface area contributed by atoms with E-state index in [2.05, 4.69) is 14.5 Å². The lowest BCUT2D eigenvalue weighted by Crippen LogP contribution is -2.40. The molecule has 0 unspecified atom stereocenters. The molecular weight excluding hydrogens is 350 g/mol. The van der Waals surface area contributed by atoms with E-state index in [0.717, 1.165) is 45.3 Å². The molecule has 3 rings (SSSR count). The number of rotatable bonds is 7. The first-order chi connectivity index (χ1) is 12.4. The van der Waals surface area contributed by atoms with Gasteiger partial charge in [-0.2, -0.15) is 0 Å². The number of anilines is 1. The van der Waals surface area contributed by atoms with Gasteiger partial charge in [0, 0.05) is 30.3 Å². The average molecular weight is 380 g/mol. The van der Waals surface area contributed by atoms with Crippen molar-refractivity contribution in [2.24, 2.45) is 5.92 Å². The third-order valence-corrected chi connectivity index (χ3v) is 5.97. The van der Waals surface area contributed by atoms with Crippen LogP contribution in [0.3, 0.4) is 0 Å². The Morgan fingerprint density at radius 2 is 1.54 bits per heavy atom. The Labute approximate surface area is 156 Å². The van der Waals surface area contributed by atoms with E-state index in [1.807, 2.05) is 0 Å². The van der Waals surface area contributed by atoms with Crippen molar-refractivity contribution in [3.05, 3.63) is 29.8 Å². The number of carbonyl (C=O) groups excluding carboxylic acids is 1. The molecule has 0 aromatic heterocycles. The van der Waals surface area contributed by atoms with Gasteiger partial charge in [-0.05, 0) is 76.1 Å². The summed E-state index contributed by atoms with van der Waals surface area (Å²) in [6, 6.07) is 6.74. The van der Waals surface area contributed by atoms with Crippen LogP contribution in [0.5, 0.6) is 0 Å². The molecule has 26 heavy (non-hydrogen) atoms. The van der Waals surface area contributed by atoms with Crippen LogP contribution in [0.1, 0.15) is 36.0 Å². The number of carbonyl (C=O) groups is 1. The second-order valence-electron chi connectivity index (χ2n) is 7.48. The summed E-state index contributed by atoms with van der Waals surface area (Å²) in [5.74, 6) is 0.252. The van der Waals surface area contributed by atoms with Gasteiger partial charge in [-0.25, -0.2) is 8.42 Å². The SMILES string of the molecule is CS(=O)(=O)Nc1ccc(C(=O)C2CCN(CCN3CCCC3)CC2)cc1. The van der Waals surface area contributed by atoms with E-state index in [-0.39, 0.29) is 11.7 Å². The molecule has 2 fully saturated rings. The number of benzene rings is 1. The molecule has 0 amide bonds. The van der Waals surface area contributed by atoms with Crippen molar-refractivity contribution < 1.29 is 13.2 Å². The van der Waals surface area contributed by atoms with Crippen LogP contribution in [0.4, 0.5) is 5.69 Å². The lowest BCUT2D eigenvalue weighted by atomic mass is 9.89. The summed E-state index contributed by atoms with van der Waals surface area (Å²) in [4.78, 5) is 17.7. The largest absolute Gasteiger partial charge is 0.302 e. The number of nitrogens with zero attached hydrogens (tertiary/aromatic N) is 2. The first-order valence-electron chi connectivity index (χ1n) is 9.47. The summed E-state index contributed by atoms with van der Waals surface area (Å²) in [5, 5.41) is 0. The number of hydrogen-bond donors (Lipinski definition) is 1. The van der Waals surface area contributed by atoms with Gasteiger partial charge < -0.3 is 9.80 Å². The summed E-state index contributed by atoms with van der Waals surface area (Å²) < 4.78 is 24.9. The quantitative estimate of drug-likeness (QED) is 0.735. The molecule has 0 bridgehead atoms. The summed E-state index contributed by atoms with van der Waals surface area (Å²) in [5.41, 5.74) is 1.15. The highest BCUT2D eigenvalue weighted by molar-refractivity contribution is 7.92. The monoisotopic (exact) mass is 379 g/mol. The van der Waals surface area contributed by atoms with Gasteiger partial charge in [0.25, 0.3) is 0 Å². The highest BCUT2D eigenvalue weighted by Gasteiger charge is 2.26. The molecule has 1 aromatic rings. The van der Waals surface area contributed by atoms with Gasteiger partial charge in [0.05, 0.1) is 6.26 Å². The van der Waals surface area contributed by atoms with Crippen molar-refractivity contribution in [2.45, 2.75) is 25.7 Å². The molecule has 0 radical (unpaired) electrons. The van der Waals surface area contributed by atoms with Gasteiger partial charge in [0.1, 0.15) is 0 Å². The first-order valence-corrected chi connectivity index (χ1v) is 11.4. The Bertz CT molecular complexity index is 704. The maximum Gasteiger partial charge on any atom is 0.229 e. The third kappa shape index (κ3) is 5.53. The van der Waals surface area contributed by atoms with Crippen LogP contribution in [0, 0.1) is 5.92 Å². The lowest BCUT2D eigenvalue weighted by Gasteiger charge is -2.32. The van der Waals surface area contributed by atoms with Crippen LogP contribution in [-0.4, -0.2) is 69.5 Å². The molecule has 144 valence electrons.